The molecule has 0 bridgehead atoms. The molecule has 0 aromatic carbocycles. The first-order chi connectivity index (χ1) is 9.11. The predicted octanol–water partition coefficient (Wildman–Crippen LogP) is -2.67. The third-order valence-corrected chi connectivity index (χ3v) is 2.43. The van der Waals surface area contributed by atoms with E-state index in [2.05, 4.69) is 38.2 Å². The summed E-state index contributed by atoms with van der Waals surface area (Å²) < 4.78 is 0. The van der Waals surface area contributed by atoms with Crippen molar-refractivity contribution in [2.75, 3.05) is 6.54 Å². The zero-order chi connectivity index (χ0) is 13.8. The molecule has 9 heteroatoms. The summed E-state index contributed by atoms with van der Waals surface area (Å²) in [6.07, 6.45) is 5.10. The molecule has 107 valence electrons. The number of aliphatic hydroxyl groups excluding tert-OH is 1. The van der Waals surface area contributed by atoms with Crippen LogP contribution in [-0.2, 0) is 20.4 Å². The van der Waals surface area contributed by atoms with Gasteiger partial charge in [0.15, 0.2) is 0 Å². The molecule has 0 spiro atoms. The molecule has 2 heterocycles. The molecule has 0 saturated heterocycles. The third-order valence-electron chi connectivity index (χ3n) is 2.43. The topological polar surface area (TPSA) is 88.6 Å². The van der Waals surface area contributed by atoms with Gasteiger partial charge < -0.3 is 20.2 Å². The van der Waals surface area contributed by atoms with Gasteiger partial charge in [0.2, 0.25) is 0 Å². The van der Waals surface area contributed by atoms with Crippen LogP contribution in [0.2, 0.25) is 0 Å². The smallest absolute Gasteiger partial charge is 0.553 e. The van der Waals surface area contributed by atoms with E-state index >= 15 is 0 Å². The Bertz CT molecular complexity index is 615. The van der Waals surface area contributed by atoms with E-state index in [-0.39, 0.29) is 71.8 Å². The Morgan fingerprint density at radius 2 is 2.38 bits per heavy atom. The second kappa shape index (κ2) is 9.92. The van der Waals surface area contributed by atoms with Gasteiger partial charge in [-0.3, -0.25) is 10.1 Å². The summed E-state index contributed by atoms with van der Waals surface area (Å²) >= 11 is 0. The fraction of sp³-hybridized carbons (Fsp3) is 0.333. The summed E-state index contributed by atoms with van der Waals surface area (Å²) in [7, 11) is 0. The molecule has 0 aliphatic heterocycles. The number of hydrogen-bond acceptors (Lipinski definition) is 6. The SMILES string of the molecule is C=CN(CC(C)O)/N=C(\C)c1n[n-]c2n[c-]ncc12.[K+].[Re]. The maximum Gasteiger partial charge on any atom is 1.00 e. The van der Waals surface area contributed by atoms with Gasteiger partial charge in [-0.15, -0.1) is 6.33 Å². The van der Waals surface area contributed by atoms with Crippen LogP contribution >= 0.6 is 0 Å². The Labute approximate surface area is 179 Å². The van der Waals surface area contributed by atoms with E-state index in [0.717, 1.165) is 5.39 Å². The van der Waals surface area contributed by atoms with Gasteiger partial charge in [0.1, 0.15) is 0 Å². The van der Waals surface area contributed by atoms with Crippen LogP contribution in [0, 0.1) is 6.33 Å². The Balaban J connectivity index is 0.00000200. The maximum atomic E-state index is 9.36. The van der Waals surface area contributed by atoms with Crippen LogP contribution in [0.25, 0.3) is 11.0 Å². The zero-order valence-corrected chi connectivity index (χ0v) is 18.0. The Hall–Kier alpha value is 0.0187. The summed E-state index contributed by atoms with van der Waals surface area (Å²) in [6, 6.07) is 0. The van der Waals surface area contributed by atoms with E-state index in [4.69, 9.17) is 0 Å². The second-order valence-corrected chi connectivity index (χ2v) is 4.09. The Morgan fingerprint density at radius 1 is 1.67 bits per heavy atom. The maximum absolute atomic E-state index is 9.36. The summed E-state index contributed by atoms with van der Waals surface area (Å²) in [5, 5.41) is 23.9. The van der Waals surface area contributed by atoms with Crippen LogP contribution in [0.1, 0.15) is 19.5 Å². The van der Waals surface area contributed by atoms with Crippen LogP contribution in [-0.4, -0.2) is 43.5 Å². The quantitative estimate of drug-likeness (QED) is 0.216. The molecule has 2 rings (SSSR count). The van der Waals surface area contributed by atoms with Crippen molar-refractivity contribution in [1.29, 1.82) is 0 Å². The summed E-state index contributed by atoms with van der Waals surface area (Å²) in [5.74, 6) is 0. The molecular weight excluding hydrogens is 469 g/mol. The molecule has 1 unspecified atom stereocenters. The molecule has 1 radical (unpaired) electrons. The van der Waals surface area contributed by atoms with Gasteiger partial charge in [-0.1, -0.05) is 18.2 Å². The van der Waals surface area contributed by atoms with Crippen molar-refractivity contribution in [3.8, 4) is 0 Å². The van der Waals surface area contributed by atoms with Gasteiger partial charge >= 0.3 is 51.4 Å². The van der Waals surface area contributed by atoms with Crippen molar-refractivity contribution in [2.24, 2.45) is 5.10 Å². The van der Waals surface area contributed by atoms with Crippen LogP contribution in [0.3, 0.4) is 0 Å². The van der Waals surface area contributed by atoms with E-state index in [9.17, 15) is 5.11 Å². The van der Waals surface area contributed by atoms with Crippen molar-refractivity contribution in [3.05, 3.63) is 31.0 Å². The van der Waals surface area contributed by atoms with Crippen LogP contribution in [0.4, 0.5) is 0 Å². The predicted molar refractivity (Wildman–Crippen MR) is 70.3 cm³/mol. The molecule has 1 N–H and O–H groups in total. The number of aliphatic hydroxyl groups is 1. The van der Waals surface area contributed by atoms with Gasteiger partial charge in [-0.2, -0.15) is 10.7 Å². The van der Waals surface area contributed by atoms with Crippen LogP contribution in [0.15, 0.2) is 24.1 Å². The number of hydrazone groups is 1. The minimum Gasteiger partial charge on any atom is -0.553 e. The van der Waals surface area contributed by atoms with E-state index in [0.29, 0.717) is 23.6 Å². The number of hydrogen-bond donors (Lipinski definition) is 1. The number of fused-ring (bicyclic) bond motifs is 1. The molecule has 7 nitrogen and oxygen atoms in total. The van der Waals surface area contributed by atoms with Crippen molar-refractivity contribution in [1.82, 2.24) is 25.2 Å². The Morgan fingerprint density at radius 3 is 3.00 bits per heavy atom. The first-order valence-corrected chi connectivity index (χ1v) is 5.76. The van der Waals surface area contributed by atoms with Crippen LogP contribution in [0.5, 0.6) is 0 Å². The van der Waals surface area contributed by atoms with Crippen molar-refractivity contribution < 1.29 is 76.9 Å². The number of nitrogens with zero attached hydrogens (tertiary/aromatic N) is 6. The molecule has 1 atom stereocenters. The van der Waals surface area contributed by atoms with Gasteiger partial charge in [0, 0.05) is 26.6 Å². The molecule has 21 heavy (non-hydrogen) atoms. The average molecular weight is 484 g/mol. The second-order valence-electron chi connectivity index (χ2n) is 4.09. The van der Waals surface area contributed by atoms with E-state index < -0.39 is 6.10 Å². The van der Waals surface area contributed by atoms with Gasteiger partial charge in [-0.25, -0.2) is 0 Å². The average Bonchev–Trinajstić information content (AvgIpc) is 2.81. The minimum atomic E-state index is -0.505. The summed E-state index contributed by atoms with van der Waals surface area (Å²) in [6.45, 7) is 7.50. The zero-order valence-electron chi connectivity index (χ0n) is 12.2. The molecule has 0 aliphatic rings. The standard InChI is InChI=1S/C12H14N6O.K.Re/c1-4-18(6-8(2)19)17-9(3)11-10-5-13-7-14-12(10)16-15-11;;/h4-5,8,19H,1,6H2,2-3H3;;/q-2;+1;/b17-9+;;. The largest absolute Gasteiger partial charge is 1.00 e. The summed E-state index contributed by atoms with van der Waals surface area (Å²) in [5.41, 5.74) is 1.75. The third kappa shape index (κ3) is 5.62. The number of rotatable bonds is 5. The van der Waals surface area contributed by atoms with E-state index in [1.54, 1.807) is 31.3 Å². The van der Waals surface area contributed by atoms with Crippen molar-refractivity contribution in [3.63, 3.8) is 0 Å². The van der Waals surface area contributed by atoms with Gasteiger partial charge in [-0.05, 0) is 13.8 Å². The summed E-state index contributed by atoms with van der Waals surface area (Å²) in [4.78, 5) is 7.72. The molecule has 2 aromatic rings. The first-order valence-electron chi connectivity index (χ1n) is 5.76. The van der Waals surface area contributed by atoms with Crippen LogP contribution < -0.4 is 56.5 Å². The van der Waals surface area contributed by atoms with Crippen molar-refractivity contribution in [2.45, 2.75) is 20.0 Å². The van der Waals surface area contributed by atoms with Crippen molar-refractivity contribution >= 4 is 16.7 Å². The molecule has 2 aromatic heterocycles. The minimum absolute atomic E-state index is 0. The normalized spacial score (nSPS) is 12.2. The molecular formula is C12H14KN6ORe-. The fourth-order valence-corrected chi connectivity index (χ4v) is 1.62. The Kier molecular flexibility index (Phi) is 9.93. The van der Waals surface area contributed by atoms with Gasteiger partial charge in [0.05, 0.1) is 24.1 Å². The molecule has 0 saturated carbocycles. The molecule has 0 amide bonds. The van der Waals surface area contributed by atoms with E-state index in [1.807, 2.05) is 0 Å². The monoisotopic (exact) mass is 484 g/mol. The van der Waals surface area contributed by atoms with Gasteiger partial charge in [0.25, 0.3) is 0 Å². The van der Waals surface area contributed by atoms with E-state index in [1.165, 1.54) is 0 Å². The first kappa shape index (κ1) is 21.0. The fourth-order valence-electron chi connectivity index (χ4n) is 1.62. The molecule has 0 fully saturated rings. The number of aromatic nitrogens is 4. The molecule has 0 aliphatic carbocycles.